The summed E-state index contributed by atoms with van der Waals surface area (Å²) in [6.45, 7) is 0.0797. The van der Waals surface area contributed by atoms with Gasteiger partial charge in [-0.2, -0.15) is 0 Å². The minimum Gasteiger partial charge on any atom is -0.493 e. The summed E-state index contributed by atoms with van der Waals surface area (Å²) in [4.78, 5) is 21.7. The fourth-order valence-electron chi connectivity index (χ4n) is 1.55. The first-order valence-electron chi connectivity index (χ1n) is 5.59. The molecule has 0 saturated heterocycles. The normalized spacial score (nSPS) is 11.1. The Hall–Kier alpha value is -1.92. The number of carbonyl (C=O) groups is 2. The number of carboxylic acids is 1. The topological polar surface area (TPSA) is 82.1 Å². The van der Waals surface area contributed by atoms with Crippen molar-refractivity contribution in [2.24, 2.45) is 0 Å². The lowest BCUT2D eigenvalue weighted by atomic mass is 10.2. The van der Waals surface area contributed by atoms with Gasteiger partial charge in [-0.1, -0.05) is 12.1 Å². The van der Waals surface area contributed by atoms with Crippen LogP contribution in [0, 0.1) is 0 Å². The van der Waals surface area contributed by atoms with Crippen LogP contribution in [-0.2, 0) is 14.3 Å². The highest BCUT2D eigenvalue weighted by molar-refractivity contribution is 5.76. The van der Waals surface area contributed by atoms with E-state index >= 15 is 0 Å². The number of methoxy groups -OCH3 is 2. The Kier molecular flexibility index (Phi) is 5.47. The van der Waals surface area contributed by atoms with Crippen molar-refractivity contribution in [2.45, 2.75) is 12.2 Å². The molecule has 19 heavy (non-hydrogen) atoms. The second kappa shape index (κ2) is 6.86. The minimum absolute atomic E-state index is 0.0145. The summed E-state index contributed by atoms with van der Waals surface area (Å²) in [5.74, 6) is -2.46. The van der Waals surface area contributed by atoms with E-state index in [1.807, 2.05) is 0 Å². The molecule has 0 aliphatic carbocycles. The summed E-state index contributed by atoms with van der Waals surface area (Å²) in [5, 5.41) is 9.05. The molecule has 0 aliphatic heterocycles. The van der Waals surface area contributed by atoms with E-state index in [1.165, 1.54) is 14.2 Å². The fourth-order valence-corrected chi connectivity index (χ4v) is 1.55. The van der Waals surface area contributed by atoms with Gasteiger partial charge in [-0.15, -0.1) is 0 Å². The lowest BCUT2D eigenvalue weighted by Crippen LogP contribution is -2.43. The number of benzene rings is 1. The highest BCUT2D eigenvalue weighted by Gasteiger charge is 2.38. The Morgan fingerprint density at radius 3 is 2.58 bits per heavy atom. The van der Waals surface area contributed by atoms with E-state index in [9.17, 15) is 9.59 Å². The van der Waals surface area contributed by atoms with Crippen molar-refractivity contribution >= 4 is 12.3 Å². The van der Waals surface area contributed by atoms with E-state index in [-0.39, 0.29) is 13.0 Å². The molecule has 104 valence electrons. The Labute approximate surface area is 110 Å². The van der Waals surface area contributed by atoms with Crippen molar-refractivity contribution in [3.63, 3.8) is 0 Å². The predicted octanol–water partition coefficient (Wildman–Crippen LogP) is 1.34. The lowest BCUT2D eigenvalue weighted by Gasteiger charge is -2.25. The van der Waals surface area contributed by atoms with Gasteiger partial charge >= 0.3 is 5.97 Å². The van der Waals surface area contributed by atoms with Crippen LogP contribution in [0.15, 0.2) is 24.3 Å². The number of hydrogen-bond donors (Lipinski definition) is 1. The van der Waals surface area contributed by atoms with Gasteiger partial charge in [0.1, 0.15) is 12.0 Å². The second-order valence-corrected chi connectivity index (χ2v) is 3.76. The highest BCUT2D eigenvalue weighted by Crippen LogP contribution is 2.18. The fraction of sp³-hybridized carbons (Fsp3) is 0.385. The van der Waals surface area contributed by atoms with Crippen LogP contribution in [0.5, 0.6) is 5.75 Å². The van der Waals surface area contributed by atoms with Crippen LogP contribution >= 0.6 is 0 Å². The molecule has 1 aromatic rings. The number of aliphatic carboxylic acids is 1. The van der Waals surface area contributed by atoms with E-state index in [0.29, 0.717) is 17.6 Å². The molecule has 0 atom stereocenters. The zero-order chi connectivity index (χ0) is 14.3. The third-order valence-corrected chi connectivity index (χ3v) is 2.68. The molecule has 1 N–H and O–H groups in total. The van der Waals surface area contributed by atoms with Crippen molar-refractivity contribution in [3.8, 4) is 5.75 Å². The summed E-state index contributed by atoms with van der Waals surface area (Å²) in [6, 6.07) is 6.56. The molecule has 0 spiro atoms. The maximum Gasteiger partial charge on any atom is 0.364 e. The number of ether oxygens (including phenoxy) is 3. The van der Waals surface area contributed by atoms with Crippen LogP contribution in [0.1, 0.15) is 16.8 Å². The molecule has 0 bridgehead atoms. The van der Waals surface area contributed by atoms with Gasteiger partial charge in [-0.3, -0.25) is 4.79 Å². The van der Waals surface area contributed by atoms with Crippen LogP contribution in [0.25, 0.3) is 0 Å². The Morgan fingerprint density at radius 1 is 1.37 bits per heavy atom. The largest absolute Gasteiger partial charge is 0.493 e. The number of carboxylic acid groups (broad SMARTS) is 1. The second-order valence-electron chi connectivity index (χ2n) is 3.76. The number of rotatable bonds is 8. The summed E-state index contributed by atoms with van der Waals surface area (Å²) in [6.07, 6.45) is 0.722. The molecule has 6 nitrogen and oxygen atoms in total. The smallest absolute Gasteiger partial charge is 0.364 e. The first-order chi connectivity index (χ1) is 9.07. The van der Waals surface area contributed by atoms with Gasteiger partial charge in [-0.05, 0) is 12.1 Å². The molecule has 0 unspecified atom stereocenters. The van der Waals surface area contributed by atoms with Gasteiger partial charge in [-0.25, -0.2) is 4.79 Å². The van der Waals surface area contributed by atoms with E-state index in [2.05, 4.69) is 0 Å². The van der Waals surface area contributed by atoms with Crippen molar-refractivity contribution in [3.05, 3.63) is 29.8 Å². The number of aldehydes is 1. The van der Waals surface area contributed by atoms with Crippen molar-refractivity contribution < 1.29 is 28.9 Å². The molecule has 0 saturated carbocycles. The molecular weight excluding hydrogens is 252 g/mol. The molecule has 6 heteroatoms. The van der Waals surface area contributed by atoms with Crippen LogP contribution in [0.4, 0.5) is 0 Å². The average molecular weight is 268 g/mol. The van der Waals surface area contributed by atoms with Crippen molar-refractivity contribution in [2.75, 3.05) is 20.8 Å². The molecule has 1 rings (SSSR count). The van der Waals surface area contributed by atoms with Crippen LogP contribution in [0.3, 0.4) is 0 Å². The zero-order valence-electron chi connectivity index (χ0n) is 10.8. The molecule has 0 heterocycles. The number of carbonyl (C=O) groups excluding carboxylic acids is 1. The van der Waals surface area contributed by atoms with E-state index in [1.54, 1.807) is 24.3 Å². The van der Waals surface area contributed by atoms with Gasteiger partial charge in [0, 0.05) is 26.2 Å². The SMILES string of the molecule is COC(CCOc1cccc(C=O)c1)(OC)C(=O)O. The summed E-state index contributed by atoms with van der Waals surface area (Å²) < 4.78 is 15.1. The van der Waals surface area contributed by atoms with Crippen molar-refractivity contribution in [1.82, 2.24) is 0 Å². The Morgan fingerprint density at radius 2 is 2.05 bits per heavy atom. The monoisotopic (exact) mass is 268 g/mol. The lowest BCUT2D eigenvalue weighted by molar-refractivity contribution is -0.229. The van der Waals surface area contributed by atoms with E-state index < -0.39 is 11.8 Å². The van der Waals surface area contributed by atoms with Crippen molar-refractivity contribution in [1.29, 1.82) is 0 Å². The summed E-state index contributed by atoms with van der Waals surface area (Å²) in [7, 11) is 2.51. The molecule has 0 aromatic heterocycles. The standard InChI is InChI=1S/C13H16O6/c1-17-13(18-2,12(15)16)6-7-19-11-5-3-4-10(8-11)9-14/h3-5,8-9H,6-7H2,1-2H3,(H,15,16). The molecular formula is C13H16O6. The maximum atomic E-state index is 11.1. The van der Waals surface area contributed by atoms with Gasteiger partial charge in [0.25, 0.3) is 5.79 Å². The predicted molar refractivity (Wildman–Crippen MR) is 66.3 cm³/mol. The first-order valence-corrected chi connectivity index (χ1v) is 5.59. The Balaban J connectivity index is 2.61. The third kappa shape index (κ3) is 3.77. The van der Waals surface area contributed by atoms with Gasteiger partial charge in [0.2, 0.25) is 0 Å². The molecule has 0 amide bonds. The highest BCUT2D eigenvalue weighted by atomic mass is 16.7. The van der Waals surface area contributed by atoms with E-state index in [0.717, 1.165) is 0 Å². The minimum atomic E-state index is -1.72. The van der Waals surface area contributed by atoms with Gasteiger partial charge in [0.05, 0.1) is 6.61 Å². The zero-order valence-corrected chi connectivity index (χ0v) is 10.8. The molecule has 1 aromatic carbocycles. The quantitative estimate of drug-likeness (QED) is 0.566. The van der Waals surface area contributed by atoms with Crippen LogP contribution in [-0.4, -0.2) is 44.0 Å². The number of hydrogen-bond acceptors (Lipinski definition) is 5. The molecule has 0 aliphatic rings. The summed E-state index contributed by atoms with van der Waals surface area (Å²) in [5.41, 5.74) is 0.487. The van der Waals surface area contributed by atoms with Gasteiger partial charge < -0.3 is 19.3 Å². The maximum absolute atomic E-state index is 11.1. The summed E-state index contributed by atoms with van der Waals surface area (Å²) >= 11 is 0. The van der Waals surface area contributed by atoms with Crippen LogP contribution in [0.2, 0.25) is 0 Å². The molecule has 0 radical (unpaired) electrons. The Bertz CT molecular complexity index is 439. The van der Waals surface area contributed by atoms with E-state index in [4.69, 9.17) is 19.3 Å². The van der Waals surface area contributed by atoms with Crippen LogP contribution < -0.4 is 4.74 Å². The average Bonchev–Trinajstić information content (AvgIpc) is 2.44. The third-order valence-electron chi connectivity index (χ3n) is 2.68. The first kappa shape index (κ1) is 15.1. The van der Waals surface area contributed by atoms with Gasteiger partial charge in [0.15, 0.2) is 0 Å². The molecule has 0 fully saturated rings.